The average molecular weight is 197 g/mol. The molecule has 0 unspecified atom stereocenters. The van der Waals surface area contributed by atoms with E-state index in [9.17, 15) is 4.79 Å². The van der Waals surface area contributed by atoms with Crippen molar-refractivity contribution in [3.63, 3.8) is 0 Å². The van der Waals surface area contributed by atoms with Gasteiger partial charge in [0.1, 0.15) is 5.82 Å². The fraction of sp³-hybridized carbons (Fsp3) is 0.111. The van der Waals surface area contributed by atoms with Crippen LogP contribution in [0.2, 0.25) is 5.02 Å². The lowest BCUT2D eigenvalue weighted by molar-refractivity contribution is -0.111. The first-order valence-corrected chi connectivity index (χ1v) is 4.15. The molecule has 0 spiro atoms. The number of hydrogen-bond acceptors (Lipinski definition) is 2. The van der Waals surface area contributed by atoms with Gasteiger partial charge in [-0.05, 0) is 25.1 Å². The molecule has 0 saturated carbocycles. The van der Waals surface area contributed by atoms with E-state index in [2.05, 4.69) is 10.3 Å². The van der Waals surface area contributed by atoms with Crippen LogP contribution in [0.15, 0.2) is 30.5 Å². The number of allylic oxidation sites excluding steroid dienone is 1. The summed E-state index contributed by atoms with van der Waals surface area (Å²) in [4.78, 5) is 15.0. The summed E-state index contributed by atoms with van der Waals surface area (Å²) in [5, 5.41) is 3.11. The number of rotatable bonds is 2. The molecule has 0 saturated heterocycles. The fourth-order valence-electron chi connectivity index (χ4n) is 0.792. The molecule has 13 heavy (non-hydrogen) atoms. The number of anilines is 1. The molecular formula is C9H9ClN2O. The number of carbonyl (C=O) groups is 1. The predicted molar refractivity (Wildman–Crippen MR) is 52.7 cm³/mol. The molecule has 68 valence electrons. The Hall–Kier alpha value is -1.35. The topological polar surface area (TPSA) is 42.0 Å². The normalized spacial score (nSPS) is 10.3. The predicted octanol–water partition coefficient (Wildman–Crippen LogP) is 2.25. The van der Waals surface area contributed by atoms with Crippen LogP contribution >= 0.6 is 11.6 Å². The summed E-state index contributed by atoms with van der Waals surface area (Å²) in [5.41, 5.74) is 0. The minimum Gasteiger partial charge on any atom is -0.307 e. The summed E-state index contributed by atoms with van der Waals surface area (Å²) in [5.74, 6) is 0.243. The lowest BCUT2D eigenvalue weighted by Gasteiger charge is -1.99. The van der Waals surface area contributed by atoms with E-state index >= 15 is 0 Å². The molecule has 0 atom stereocenters. The Bertz CT molecular complexity index is 336. The third-order valence-electron chi connectivity index (χ3n) is 1.29. The number of pyridine rings is 1. The van der Waals surface area contributed by atoms with Crippen LogP contribution in [0, 0.1) is 0 Å². The number of amides is 1. The highest BCUT2D eigenvalue weighted by molar-refractivity contribution is 6.30. The number of carbonyl (C=O) groups excluding carboxylic acids is 1. The largest absolute Gasteiger partial charge is 0.307 e. The number of aromatic nitrogens is 1. The molecule has 0 aromatic carbocycles. The highest BCUT2D eigenvalue weighted by Gasteiger charge is 1.98. The maximum absolute atomic E-state index is 11.0. The van der Waals surface area contributed by atoms with E-state index in [4.69, 9.17) is 11.6 Å². The third kappa shape index (κ3) is 3.25. The van der Waals surface area contributed by atoms with E-state index in [0.29, 0.717) is 10.8 Å². The number of halogens is 1. The van der Waals surface area contributed by atoms with Crippen LogP contribution in [-0.4, -0.2) is 10.9 Å². The second-order valence-corrected chi connectivity index (χ2v) is 2.78. The van der Waals surface area contributed by atoms with Gasteiger partial charge in [0.2, 0.25) is 5.91 Å². The van der Waals surface area contributed by atoms with Crippen molar-refractivity contribution < 1.29 is 4.79 Å². The molecule has 3 nitrogen and oxygen atoms in total. The molecule has 1 N–H and O–H groups in total. The Morgan fingerprint density at radius 1 is 1.69 bits per heavy atom. The van der Waals surface area contributed by atoms with Crippen molar-refractivity contribution in [3.8, 4) is 0 Å². The maximum Gasteiger partial charge on any atom is 0.249 e. The van der Waals surface area contributed by atoms with Gasteiger partial charge in [0.05, 0.1) is 0 Å². The van der Waals surface area contributed by atoms with Crippen LogP contribution in [0.5, 0.6) is 0 Å². The van der Waals surface area contributed by atoms with E-state index in [1.807, 2.05) is 0 Å². The van der Waals surface area contributed by atoms with E-state index in [0.717, 1.165) is 0 Å². The minimum absolute atomic E-state index is 0.211. The summed E-state index contributed by atoms with van der Waals surface area (Å²) in [6, 6.07) is 3.23. The standard InChI is InChI=1S/C9H9ClN2O/c1-2-3-9(13)12-8-6-7(10)4-5-11-8/h2-6H,1H3,(H,11,12,13)/b3-2+. The average Bonchev–Trinajstić information content (AvgIpc) is 2.04. The van der Waals surface area contributed by atoms with Gasteiger partial charge in [-0.15, -0.1) is 0 Å². The van der Waals surface area contributed by atoms with Crippen LogP contribution in [-0.2, 0) is 4.79 Å². The van der Waals surface area contributed by atoms with Crippen LogP contribution < -0.4 is 5.32 Å². The summed E-state index contributed by atoms with van der Waals surface area (Å²) >= 11 is 5.70. The van der Waals surface area contributed by atoms with Gasteiger partial charge >= 0.3 is 0 Å². The zero-order chi connectivity index (χ0) is 9.68. The fourth-order valence-corrected chi connectivity index (χ4v) is 0.952. The molecule has 0 bridgehead atoms. The van der Waals surface area contributed by atoms with Gasteiger partial charge in [-0.1, -0.05) is 17.7 Å². The Morgan fingerprint density at radius 2 is 2.46 bits per heavy atom. The molecule has 4 heteroatoms. The van der Waals surface area contributed by atoms with Crippen molar-refractivity contribution in [1.82, 2.24) is 4.98 Å². The Balaban J connectivity index is 2.69. The first-order valence-electron chi connectivity index (χ1n) is 3.77. The number of hydrogen-bond donors (Lipinski definition) is 1. The van der Waals surface area contributed by atoms with E-state index in [1.54, 1.807) is 25.1 Å². The van der Waals surface area contributed by atoms with E-state index < -0.39 is 0 Å². The Labute approximate surface area is 81.4 Å². The van der Waals surface area contributed by atoms with Crippen molar-refractivity contribution in [2.24, 2.45) is 0 Å². The van der Waals surface area contributed by atoms with E-state index in [-0.39, 0.29) is 5.91 Å². The summed E-state index contributed by atoms with van der Waals surface area (Å²) < 4.78 is 0. The quantitative estimate of drug-likeness (QED) is 0.738. The molecule has 1 aromatic heterocycles. The molecule has 1 rings (SSSR count). The Kier molecular flexibility index (Phi) is 3.46. The molecule has 1 amide bonds. The maximum atomic E-state index is 11.0. The van der Waals surface area contributed by atoms with Crippen molar-refractivity contribution in [1.29, 1.82) is 0 Å². The van der Waals surface area contributed by atoms with Crippen molar-refractivity contribution in [2.45, 2.75) is 6.92 Å². The van der Waals surface area contributed by atoms with Crippen molar-refractivity contribution >= 4 is 23.3 Å². The molecule has 0 radical (unpaired) electrons. The van der Waals surface area contributed by atoms with Gasteiger partial charge in [-0.2, -0.15) is 0 Å². The van der Waals surface area contributed by atoms with Gasteiger partial charge in [0.15, 0.2) is 0 Å². The van der Waals surface area contributed by atoms with E-state index in [1.165, 1.54) is 12.3 Å². The SMILES string of the molecule is C/C=C/C(=O)Nc1cc(Cl)ccn1. The van der Waals surface area contributed by atoms with Gasteiger partial charge in [-0.25, -0.2) is 4.98 Å². The highest BCUT2D eigenvalue weighted by atomic mass is 35.5. The molecule has 1 aromatic rings. The third-order valence-corrected chi connectivity index (χ3v) is 1.53. The molecule has 0 aliphatic rings. The first-order chi connectivity index (χ1) is 6.22. The lowest BCUT2D eigenvalue weighted by atomic mass is 10.4. The molecule has 0 aliphatic carbocycles. The molecular weight excluding hydrogens is 188 g/mol. The summed E-state index contributed by atoms with van der Waals surface area (Å²) in [7, 11) is 0. The molecule has 0 fully saturated rings. The highest BCUT2D eigenvalue weighted by Crippen LogP contribution is 2.11. The molecule has 0 aliphatic heterocycles. The van der Waals surface area contributed by atoms with Gasteiger partial charge in [0.25, 0.3) is 0 Å². The summed E-state index contributed by atoms with van der Waals surface area (Å²) in [6.45, 7) is 1.77. The Morgan fingerprint density at radius 3 is 3.08 bits per heavy atom. The van der Waals surface area contributed by atoms with Gasteiger partial charge in [0, 0.05) is 11.2 Å². The van der Waals surface area contributed by atoms with Crippen molar-refractivity contribution in [3.05, 3.63) is 35.5 Å². The number of nitrogens with zero attached hydrogens (tertiary/aromatic N) is 1. The monoisotopic (exact) mass is 196 g/mol. The zero-order valence-corrected chi connectivity index (χ0v) is 7.88. The van der Waals surface area contributed by atoms with Crippen LogP contribution in [0.4, 0.5) is 5.82 Å². The second-order valence-electron chi connectivity index (χ2n) is 2.35. The minimum atomic E-state index is -0.211. The zero-order valence-electron chi connectivity index (χ0n) is 7.12. The molecule has 1 heterocycles. The first kappa shape index (κ1) is 9.74. The van der Waals surface area contributed by atoms with Crippen LogP contribution in [0.25, 0.3) is 0 Å². The second kappa shape index (κ2) is 4.62. The van der Waals surface area contributed by atoms with Crippen LogP contribution in [0.1, 0.15) is 6.92 Å². The smallest absolute Gasteiger partial charge is 0.249 e. The van der Waals surface area contributed by atoms with Gasteiger partial charge in [-0.3, -0.25) is 4.79 Å². The lowest BCUT2D eigenvalue weighted by Crippen LogP contribution is -2.08. The summed E-state index contributed by atoms with van der Waals surface area (Å²) in [6.07, 6.45) is 4.61. The van der Waals surface area contributed by atoms with Gasteiger partial charge < -0.3 is 5.32 Å². The number of nitrogens with one attached hydrogen (secondary N) is 1. The van der Waals surface area contributed by atoms with Crippen molar-refractivity contribution in [2.75, 3.05) is 5.32 Å². The van der Waals surface area contributed by atoms with Crippen LogP contribution in [0.3, 0.4) is 0 Å².